The number of hydrogen-bond acceptors (Lipinski definition) is 2. The fourth-order valence-electron chi connectivity index (χ4n) is 1.58. The number of carbonyl (C=O) groups is 1. The van der Waals surface area contributed by atoms with Gasteiger partial charge >= 0.3 is 0 Å². The summed E-state index contributed by atoms with van der Waals surface area (Å²) >= 11 is 16.2. The zero-order chi connectivity index (χ0) is 20.5. The van der Waals surface area contributed by atoms with Crippen molar-refractivity contribution in [1.29, 1.82) is 0 Å². The van der Waals surface area contributed by atoms with E-state index in [1.165, 1.54) is 0 Å². The molecular weight excluding hydrogens is 510 g/mol. The standard InChI is InChI=1S/C8H9BrO.C8H7BrO.CH2Cl2.CH5P/c2*1-6-7(5-10)3-2-4-8(6)9;2-1-3;1-2/h2-4,10H,5H2,1H3;2-5H,1H3;1H2;2H2,1H3/i;;;1D. The molecule has 2 rings (SSSR count). The van der Waals surface area contributed by atoms with E-state index >= 15 is 0 Å². The summed E-state index contributed by atoms with van der Waals surface area (Å²) in [5.41, 5.74) is 3.84. The summed E-state index contributed by atoms with van der Waals surface area (Å²) in [4.78, 5) is 10.4. The van der Waals surface area contributed by atoms with Crippen LogP contribution in [0.4, 0.5) is 0 Å². The van der Waals surface area contributed by atoms with Crippen molar-refractivity contribution in [3.8, 4) is 0 Å². The molecule has 0 aromatic heterocycles. The van der Waals surface area contributed by atoms with E-state index in [0.717, 1.165) is 37.5 Å². The van der Waals surface area contributed by atoms with Gasteiger partial charge in [-0.05, 0) is 42.7 Å². The summed E-state index contributed by atoms with van der Waals surface area (Å²) in [5, 5.41) is 9.02. The normalized spacial score (nSPS) is 9.20. The third-order valence-electron chi connectivity index (χ3n) is 2.99. The van der Waals surface area contributed by atoms with E-state index in [1.807, 2.05) is 44.2 Å². The van der Waals surface area contributed by atoms with Crippen LogP contribution in [0.5, 0.6) is 0 Å². The summed E-state index contributed by atoms with van der Waals surface area (Å²) < 4.78 is 8.21. The lowest BCUT2D eigenvalue weighted by atomic mass is 10.1. The lowest BCUT2D eigenvalue weighted by molar-refractivity contribution is 0.112. The van der Waals surface area contributed by atoms with Crippen LogP contribution in [0.25, 0.3) is 0 Å². The van der Waals surface area contributed by atoms with Gasteiger partial charge in [-0.2, -0.15) is 0 Å². The number of aliphatic hydroxyl groups excluding tert-OH is 1. The van der Waals surface area contributed by atoms with Crippen molar-refractivity contribution in [3.05, 3.63) is 67.6 Å². The number of aliphatic hydroxyl groups is 1. The fourth-order valence-corrected chi connectivity index (χ4v) is 2.36. The van der Waals surface area contributed by atoms with Crippen molar-refractivity contribution in [3.63, 3.8) is 0 Å². The molecule has 0 amide bonds. The number of alkyl halides is 2. The fraction of sp³-hybridized carbons (Fsp3) is 0.278. The Kier molecular flexibility index (Phi) is 17.5. The second-order valence-electron chi connectivity index (χ2n) is 4.36. The van der Waals surface area contributed by atoms with Crippen LogP contribution in [0, 0.1) is 13.8 Å². The van der Waals surface area contributed by atoms with Gasteiger partial charge in [0, 0.05) is 15.9 Å². The van der Waals surface area contributed by atoms with E-state index in [2.05, 4.69) is 41.1 Å². The average Bonchev–Trinajstić information content (AvgIpc) is 2.62. The Morgan fingerprint density at radius 3 is 1.92 bits per heavy atom. The summed E-state index contributed by atoms with van der Waals surface area (Å²) in [6.45, 7) is 4.43. The molecule has 1 N–H and O–H groups in total. The predicted octanol–water partition coefficient (Wildman–Crippen LogP) is 6.73. The van der Waals surface area contributed by atoms with Gasteiger partial charge in [0.2, 0.25) is 0 Å². The Balaban J connectivity index is 0. The van der Waals surface area contributed by atoms with Crippen LogP contribution in [0.15, 0.2) is 45.3 Å². The highest BCUT2D eigenvalue weighted by molar-refractivity contribution is 9.10. The summed E-state index contributed by atoms with van der Waals surface area (Å²) in [5.74, 6) is 0. The number of aldehydes is 1. The minimum absolute atomic E-state index is 0.116. The molecule has 1 atom stereocenters. The third-order valence-corrected chi connectivity index (χ3v) is 4.70. The average molecular weight is 534 g/mol. The number of rotatable bonds is 2. The Hall–Kier alpha value is 0.0400. The second-order valence-corrected chi connectivity index (χ2v) is 6.87. The highest BCUT2D eigenvalue weighted by Gasteiger charge is 1.98. The van der Waals surface area contributed by atoms with Gasteiger partial charge in [-0.1, -0.05) is 62.8 Å². The van der Waals surface area contributed by atoms with E-state index in [0.29, 0.717) is 6.64 Å². The minimum Gasteiger partial charge on any atom is -0.392 e. The van der Waals surface area contributed by atoms with E-state index < -0.39 is 0 Å². The number of benzene rings is 2. The first-order valence-electron chi connectivity index (χ1n) is 7.71. The molecule has 0 bridgehead atoms. The number of hydrogen-bond donors (Lipinski definition) is 1. The molecule has 25 heavy (non-hydrogen) atoms. The maximum Gasteiger partial charge on any atom is 0.150 e. The van der Waals surface area contributed by atoms with Gasteiger partial charge in [0.15, 0.2) is 0 Å². The molecule has 0 saturated carbocycles. The molecule has 0 aliphatic carbocycles. The van der Waals surface area contributed by atoms with Gasteiger partial charge in [-0.25, -0.2) is 0 Å². The van der Waals surface area contributed by atoms with Crippen LogP contribution < -0.4 is 0 Å². The first-order chi connectivity index (χ1) is 12.3. The van der Waals surface area contributed by atoms with Gasteiger partial charge in [0.05, 0.1) is 11.9 Å². The topological polar surface area (TPSA) is 37.3 Å². The highest BCUT2D eigenvalue weighted by Crippen LogP contribution is 2.19. The second kappa shape index (κ2) is 17.5. The zero-order valence-corrected chi connectivity index (χ0v) is 19.9. The molecule has 2 aromatic rings. The minimum atomic E-state index is 0.116. The molecular formula is C18H23Br2Cl2O2P. The van der Waals surface area contributed by atoms with Crippen LogP contribution in [-0.4, -0.2) is 23.4 Å². The Morgan fingerprint density at radius 1 is 1.12 bits per heavy atom. The van der Waals surface area contributed by atoms with Crippen molar-refractivity contribution >= 4 is 70.6 Å². The van der Waals surface area contributed by atoms with Gasteiger partial charge in [-0.15, -0.1) is 32.4 Å². The number of carbonyl (C=O) groups excluding carboxylic acids is 1. The molecule has 7 heteroatoms. The van der Waals surface area contributed by atoms with Crippen LogP contribution in [0.2, 0.25) is 0 Å². The largest absolute Gasteiger partial charge is 0.392 e. The van der Waals surface area contributed by atoms with Gasteiger partial charge in [-0.3, -0.25) is 4.79 Å². The Bertz CT molecular complexity index is 645. The van der Waals surface area contributed by atoms with Crippen molar-refractivity contribution in [1.82, 2.24) is 0 Å². The van der Waals surface area contributed by atoms with Crippen LogP contribution in [0.1, 0.15) is 28.4 Å². The third kappa shape index (κ3) is 11.4. The van der Waals surface area contributed by atoms with Crippen LogP contribution in [0.3, 0.4) is 0 Å². The number of halogens is 4. The van der Waals surface area contributed by atoms with Crippen molar-refractivity contribution in [2.24, 2.45) is 0 Å². The van der Waals surface area contributed by atoms with E-state index in [9.17, 15) is 4.79 Å². The van der Waals surface area contributed by atoms with Crippen molar-refractivity contribution in [2.75, 3.05) is 12.0 Å². The molecule has 1 unspecified atom stereocenters. The van der Waals surface area contributed by atoms with Gasteiger partial charge in [0.25, 0.3) is 0 Å². The van der Waals surface area contributed by atoms with Crippen molar-refractivity contribution < 1.29 is 11.3 Å². The zero-order valence-electron chi connectivity index (χ0n) is 15.1. The molecule has 0 spiro atoms. The molecule has 0 aliphatic rings. The quantitative estimate of drug-likeness (QED) is 0.264. The monoisotopic (exact) mass is 531 g/mol. The Labute approximate surface area is 181 Å². The van der Waals surface area contributed by atoms with E-state index in [4.69, 9.17) is 29.7 Å². The first-order valence-corrected chi connectivity index (χ1v) is 10.5. The molecule has 140 valence electrons. The SMILES string of the molecule is Cc1c(Br)cccc1C=O.Cc1c(Br)cccc1CO.ClCCl.[2H]CP. The molecule has 0 saturated heterocycles. The lowest BCUT2D eigenvalue weighted by Crippen LogP contribution is -1.87. The van der Waals surface area contributed by atoms with Crippen molar-refractivity contribution in [2.45, 2.75) is 20.5 Å². The maximum atomic E-state index is 10.4. The summed E-state index contributed by atoms with van der Waals surface area (Å²) in [7, 11) is 2.25. The van der Waals surface area contributed by atoms with E-state index in [1.54, 1.807) is 6.07 Å². The molecule has 0 fully saturated rings. The molecule has 0 heterocycles. The molecule has 0 aliphatic heterocycles. The summed E-state index contributed by atoms with van der Waals surface area (Å²) in [6.07, 6.45) is 0.861. The van der Waals surface area contributed by atoms with Crippen LogP contribution >= 0.6 is 64.3 Å². The van der Waals surface area contributed by atoms with Gasteiger partial charge in [0.1, 0.15) is 6.29 Å². The molecule has 2 nitrogen and oxygen atoms in total. The molecule has 2 aromatic carbocycles. The predicted molar refractivity (Wildman–Crippen MR) is 121 cm³/mol. The van der Waals surface area contributed by atoms with E-state index in [-0.39, 0.29) is 11.9 Å². The highest BCUT2D eigenvalue weighted by atomic mass is 79.9. The Morgan fingerprint density at radius 2 is 1.56 bits per heavy atom. The lowest BCUT2D eigenvalue weighted by Gasteiger charge is -2.02. The maximum absolute atomic E-state index is 10.4. The first kappa shape index (κ1) is 25.0. The smallest absolute Gasteiger partial charge is 0.150 e. The van der Waals surface area contributed by atoms with Gasteiger partial charge < -0.3 is 5.11 Å². The summed E-state index contributed by atoms with van der Waals surface area (Å²) in [6, 6.07) is 11.4. The van der Waals surface area contributed by atoms with Crippen LogP contribution in [-0.2, 0) is 6.61 Å². The molecule has 0 radical (unpaired) electrons.